The summed E-state index contributed by atoms with van der Waals surface area (Å²) in [5.41, 5.74) is 5.50. The Labute approximate surface area is 116 Å². The highest BCUT2D eigenvalue weighted by Crippen LogP contribution is 2.16. The second kappa shape index (κ2) is 7.82. The minimum absolute atomic E-state index is 0.169. The van der Waals surface area contributed by atoms with Crippen molar-refractivity contribution in [3.63, 3.8) is 0 Å². The Bertz CT molecular complexity index is 272. The zero-order valence-corrected chi connectivity index (χ0v) is 11.9. The van der Waals surface area contributed by atoms with E-state index in [-0.39, 0.29) is 12.0 Å². The minimum Gasteiger partial charge on any atom is -0.368 e. The van der Waals surface area contributed by atoms with Crippen molar-refractivity contribution in [3.05, 3.63) is 0 Å². The standard InChI is InChI=1S/C14H27N3O2/c15-6-2-3-7-16-8-10-17(11-9-16)14(18)13-5-1-4-12-19-13/h13H,1-12,15H2. The number of unbranched alkanes of at least 4 members (excludes halogenated alkanes) is 1. The summed E-state index contributed by atoms with van der Waals surface area (Å²) >= 11 is 0. The second-order valence-electron chi connectivity index (χ2n) is 5.52. The van der Waals surface area contributed by atoms with Crippen molar-refractivity contribution < 1.29 is 9.53 Å². The lowest BCUT2D eigenvalue weighted by Gasteiger charge is -2.37. The molecule has 0 radical (unpaired) electrons. The first-order valence-electron chi connectivity index (χ1n) is 7.64. The van der Waals surface area contributed by atoms with E-state index in [2.05, 4.69) is 4.90 Å². The third-order valence-electron chi connectivity index (χ3n) is 4.07. The number of carbonyl (C=O) groups is 1. The number of amides is 1. The second-order valence-corrected chi connectivity index (χ2v) is 5.52. The van der Waals surface area contributed by atoms with E-state index in [9.17, 15) is 4.79 Å². The summed E-state index contributed by atoms with van der Waals surface area (Å²) in [6.07, 6.45) is 5.20. The summed E-state index contributed by atoms with van der Waals surface area (Å²) in [5, 5.41) is 0. The molecule has 2 aliphatic rings. The molecule has 2 N–H and O–H groups in total. The number of nitrogens with two attached hydrogens (primary N) is 1. The van der Waals surface area contributed by atoms with E-state index in [4.69, 9.17) is 10.5 Å². The van der Waals surface area contributed by atoms with Gasteiger partial charge >= 0.3 is 0 Å². The van der Waals surface area contributed by atoms with Gasteiger partial charge in [0.1, 0.15) is 6.10 Å². The van der Waals surface area contributed by atoms with Crippen LogP contribution in [0.1, 0.15) is 32.1 Å². The Morgan fingerprint density at radius 1 is 1.16 bits per heavy atom. The molecule has 0 aromatic heterocycles. The molecule has 5 heteroatoms. The van der Waals surface area contributed by atoms with Crippen molar-refractivity contribution in [1.82, 2.24) is 9.80 Å². The molecule has 2 aliphatic heterocycles. The van der Waals surface area contributed by atoms with Crippen molar-refractivity contribution in [2.45, 2.75) is 38.2 Å². The molecule has 1 amide bonds. The summed E-state index contributed by atoms with van der Waals surface area (Å²) < 4.78 is 5.58. The molecule has 19 heavy (non-hydrogen) atoms. The van der Waals surface area contributed by atoms with Crippen molar-refractivity contribution in [1.29, 1.82) is 0 Å². The molecule has 2 fully saturated rings. The molecule has 0 saturated carbocycles. The Hall–Kier alpha value is -0.650. The van der Waals surface area contributed by atoms with E-state index >= 15 is 0 Å². The Morgan fingerprint density at radius 2 is 1.95 bits per heavy atom. The normalized spacial score (nSPS) is 25.5. The van der Waals surface area contributed by atoms with Crippen molar-refractivity contribution in [2.75, 3.05) is 45.9 Å². The first-order chi connectivity index (χ1) is 9.31. The molecule has 110 valence electrons. The Kier molecular flexibility index (Phi) is 6.07. The number of hydrogen-bond acceptors (Lipinski definition) is 4. The molecule has 0 aliphatic carbocycles. The number of carbonyl (C=O) groups excluding carboxylic acids is 1. The molecule has 0 spiro atoms. The van der Waals surface area contributed by atoms with E-state index in [1.807, 2.05) is 4.90 Å². The maximum Gasteiger partial charge on any atom is 0.251 e. The van der Waals surface area contributed by atoms with Crippen LogP contribution >= 0.6 is 0 Å². The van der Waals surface area contributed by atoms with Gasteiger partial charge < -0.3 is 15.4 Å². The van der Waals surface area contributed by atoms with Gasteiger partial charge in [0.15, 0.2) is 0 Å². The number of hydrogen-bond donors (Lipinski definition) is 1. The highest BCUT2D eigenvalue weighted by molar-refractivity contribution is 5.81. The first-order valence-corrected chi connectivity index (χ1v) is 7.64. The van der Waals surface area contributed by atoms with E-state index in [0.29, 0.717) is 0 Å². The van der Waals surface area contributed by atoms with E-state index < -0.39 is 0 Å². The average molecular weight is 269 g/mol. The monoisotopic (exact) mass is 269 g/mol. The fraction of sp³-hybridized carbons (Fsp3) is 0.929. The molecule has 2 saturated heterocycles. The van der Waals surface area contributed by atoms with E-state index in [1.165, 1.54) is 0 Å². The fourth-order valence-electron chi connectivity index (χ4n) is 2.81. The Balaban J connectivity index is 1.68. The van der Waals surface area contributed by atoms with Gasteiger partial charge in [-0.1, -0.05) is 0 Å². The van der Waals surface area contributed by atoms with Crippen LogP contribution in [0.3, 0.4) is 0 Å². The summed E-state index contributed by atoms with van der Waals surface area (Å²) in [4.78, 5) is 16.7. The highest BCUT2D eigenvalue weighted by atomic mass is 16.5. The Morgan fingerprint density at radius 3 is 2.58 bits per heavy atom. The van der Waals surface area contributed by atoms with Crippen molar-refractivity contribution >= 4 is 5.91 Å². The lowest BCUT2D eigenvalue weighted by atomic mass is 10.1. The molecule has 1 unspecified atom stereocenters. The van der Waals surface area contributed by atoms with Gasteiger partial charge in [-0.25, -0.2) is 0 Å². The zero-order chi connectivity index (χ0) is 13.5. The van der Waals surface area contributed by atoms with Gasteiger partial charge in [0, 0.05) is 32.8 Å². The first kappa shape index (κ1) is 14.8. The number of nitrogens with zero attached hydrogens (tertiary/aromatic N) is 2. The summed E-state index contributed by atoms with van der Waals surface area (Å²) in [6, 6.07) is 0. The van der Waals surface area contributed by atoms with Crippen LogP contribution in [0.4, 0.5) is 0 Å². The summed E-state index contributed by atoms with van der Waals surface area (Å²) in [5.74, 6) is 0.210. The summed E-state index contributed by atoms with van der Waals surface area (Å²) in [7, 11) is 0. The third-order valence-corrected chi connectivity index (χ3v) is 4.07. The van der Waals surface area contributed by atoms with Gasteiger partial charge in [0.05, 0.1) is 0 Å². The highest BCUT2D eigenvalue weighted by Gasteiger charge is 2.28. The molecule has 5 nitrogen and oxygen atoms in total. The zero-order valence-electron chi connectivity index (χ0n) is 11.9. The molecule has 0 bridgehead atoms. The van der Waals surface area contributed by atoms with E-state index in [1.54, 1.807) is 0 Å². The quantitative estimate of drug-likeness (QED) is 0.736. The summed E-state index contributed by atoms with van der Waals surface area (Å²) in [6.45, 7) is 6.31. The SMILES string of the molecule is NCCCCN1CCN(C(=O)C2CCCCO2)CC1. The van der Waals surface area contributed by atoms with Gasteiger partial charge in [0.25, 0.3) is 5.91 Å². The van der Waals surface area contributed by atoms with Crippen LogP contribution < -0.4 is 5.73 Å². The van der Waals surface area contributed by atoms with Gasteiger partial charge in [-0.2, -0.15) is 0 Å². The minimum atomic E-state index is -0.169. The molecule has 0 aromatic rings. The number of ether oxygens (including phenoxy) is 1. The third kappa shape index (κ3) is 4.44. The van der Waals surface area contributed by atoms with E-state index in [0.717, 1.165) is 78.0 Å². The molecule has 2 rings (SSSR count). The van der Waals surface area contributed by atoms with Crippen LogP contribution in [0, 0.1) is 0 Å². The van der Waals surface area contributed by atoms with Crippen molar-refractivity contribution in [2.24, 2.45) is 5.73 Å². The predicted octanol–water partition coefficient (Wildman–Crippen LogP) is 0.439. The maximum absolute atomic E-state index is 12.3. The van der Waals surface area contributed by atoms with Crippen molar-refractivity contribution in [3.8, 4) is 0 Å². The molecule has 0 aromatic carbocycles. The van der Waals surface area contributed by atoms with Gasteiger partial charge in [-0.05, 0) is 45.2 Å². The van der Waals surface area contributed by atoms with Crippen LogP contribution in [0.25, 0.3) is 0 Å². The molecular weight excluding hydrogens is 242 g/mol. The average Bonchev–Trinajstić information content (AvgIpc) is 2.48. The largest absolute Gasteiger partial charge is 0.368 e. The smallest absolute Gasteiger partial charge is 0.251 e. The topological polar surface area (TPSA) is 58.8 Å². The number of rotatable bonds is 5. The number of piperazine rings is 1. The maximum atomic E-state index is 12.3. The van der Waals surface area contributed by atoms with Crippen LogP contribution in [0.5, 0.6) is 0 Å². The van der Waals surface area contributed by atoms with Gasteiger partial charge in [-0.15, -0.1) is 0 Å². The lowest BCUT2D eigenvalue weighted by Crippen LogP contribution is -2.52. The van der Waals surface area contributed by atoms with Gasteiger partial charge in [-0.3, -0.25) is 9.69 Å². The fourth-order valence-corrected chi connectivity index (χ4v) is 2.81. The van der Waals surface area contributed by atoms with Crippen LogP contribution in [0.2, 0.25) is 0 Å². The molecule has 2 heterocycles. The van der Waals surface area contributed by atoms with Crippen LogP contribution in [0.15, 0.2) is 0 Å². The lowest BCUT2D eigenvalue weighted by molar-refractivity contribution is -0.148. The molecule has 1 atom stereocenters. The predicted molar refractivity (Wildman–Crippen MR) is 74.9 cm³/mol. The van der Waals surface area contributed by atoms with Crippen LogP contribution in [-0.2, 0) is 9.53 Å². The van der Waals surface area contributed by atoms with Crippen LogP contribution in [-0.4, -0.2) is 67.7 Å². The van der Waals surface area contributed by atoms with Gasteiger partial charge in [0.2, 0.25) is 0 Å². The molecular formula is C14H27N3O2.